The highest BCUT2D eigenvalue weighted by Gasteiger charge is 2.39. The summed E-state index contributed by atoms with van der Waals surface area (Å²) in [7, 11) is -2.62. The van der Waals surface area contributed by atoms with Gasteiger partial charge in [-0.15, -0.1) is 0 Å². The molecule has 2 heterocycles. The molecule has 5 N–H and O–H groups in total. The lowest BCUT2D eigenvalue weighted by atomic mass is 9.99. The molecule has 4 aromatic rings. The fraction of sp³-hybridized carbons (Fsp3) is 0.314. The van der Waals surface area contributed by atoms with E-state index in [1.807, 2.05) is 0 Å². The van der Waals surface area contributed by atoms with Crippen molar-refractivity contribution < 1.29 is 54.6 Å². The highest BCUT2D eigenvalue weighted by atomic mass is 32.2. The summed E-state index contributed by atoms with van der Waals surface area (Å²) in [6.45, 7) is 4.85. The maximum absolute atomic E-state index is 15.5. The quantitative estimate of drug-likeness (QED) is 0.138. The zero-order valence-electron chi connectivity index (χ0n) is 28.8. The number of anilines is 3. The van der Waals surface area contributed by atoms with Crippen LogP contribution in [0, 0.1) is 18.6 Å². The molecule has 0 aliphatic carbocycles. The summed E-state index contributed by atoms with van der Waals surface area (Å²) >= 11 is 0. The van der Waals surface area contributed by atoms with Crippen LogP contribution in [-0.2, 0) is 24.2 Å². The van der Waals surface area contributed by atoms with Crippen molar-refractivity contribution in [3.63, 3.8) is 0 Å². The molecule has 2 amide bonds. The molecule has 284 valence electrons. The molecule has 1 aliphatic heterocycles. The van der Waals surface area contributed by atoms with Gasteiger partial charge < -0.3 is 25.8 Å². The predicted molar refractivity (Wildman–Crippen MR) is 186 cm³/mol. The molecule has 0 unspecified atom stereocenters. The number of nitrogens with zero attached hydrogens (tertiary/aromatic N) is 2. The number of nitrogens with one attached hydrogen (secondary N) is 2. The second-order valence-electron chi connectivity index (χ2n) is 12.3. The topological polar surface area (TPSA) is 181 Å². The van der Waals surface area contributed by atoms with E-state index in [0.29, 0.717) is 35.3 Å². The lowest BCUT2D eigenvalue weighted by Gasteiger charge is -2.32. The fourth-order valence-electron chi connectivity index (χ4n) is 5.72. The molecule has 53 heavy (non-hydrogen) atoms. The van der Waals surface area contributed by atoms with Crippen LogP contribution in [0.2, 0.25) is 0 Å². The predicted octanol–water partition coefficient (Wildman–Crippen LogP) is 6.91. The lowest BCUT2D eigenvalue weighted by molar-refractivity contribution is -0.192. The Morgan fingerprint density at radius 2 is 1.68 bits per heavy atom. The number of carbonyl (C=O) groups excluding carboxylic acids is 2. The van der Waals surface area contributed by atoms with Gasteiger partial charge in [-0.25, -0.2) is 31.8 Å². The molecule has 0 spiro atoms. The number of ether oxygens (including phenoxy) is 1. The van der Waals surface area contributed by atoms with Crippen molar-refractivity contribution in [1.82, 2.24) is 9.88 Å². The van der Waals surface area contributed by atoms with Crippen LogP contribution in [0.15, 0.2) is 65.7 Å². The van der Waals surface area contributed by atoms with E-state index in [-0.39, 0.29) is 28.3 Å². The molecule has 18 heteroatoms. The minimum Gasteiger partial charge on any atom is -0.475 e. The first-order valence-corrected chi connectivity index (χ1v) is 17.5. The third-order valence-electron chi connectivity index (χ3n) is 8.45. The summed E-state index contributed by atoms with van der Waals surface area (Å²) < 4.78 is 93.2. The zero-order chi connectivity index (χ0) is 39.4. The minimum absolute atomic E-state index is 0.0247. The maximum atomic E-state index is 15.5. The van der Waals surface area contributed by atoms with E-state index in [4.69, 9.17) is 20.4 Å². The van der Waals surface area contributed by atoms with E-state index in [9.17, 15) is 35.6 Å². The fourth-order valence-corrected chi connectivity index (χ4v) is 7.01. The number of carboxylic acids is 1. The highest BCUT2D eigenvalue weighted by Crippen LogP contribution is 2.40. The Balaban J connectivity index is 0.000000815. The van der Waals surface area contributed by atoms with Gasteiger partial charge in [-0.3, -0.25) is 10.1 Å². The van der Waals surface area contributed by atoms with E-state index >= 15 is 4.39 Å². The van der Waals surface area contributed by atoms with Gasteiger partial charge in [-0.2, -0.15) is 13.2 Å². The van der Waals surface area contributed by atoms with Crippen LogP contribution in [0.4, 0.5) is 43.9 Å². The number of pyridine rings is 1. The number of hydrogen-bond donors (Lipinski definition) is 4. The molecule has 5 rings (SSSR count). The number of amides is 2. The number of aliphatic carboxylic acids is 1. The molecular weight excluding hydrogens is 729 g/mol. The first kappa shape index (κ1) is 40.3. The van der Waals surface area contributed by atoms with Crippen LogP contribution < -0.4 is 16.4 Å². The maximum Gasteiger partial charge on any atom is 0.490 e. The first-order chi connectivity index (χ1) is 24.8. The summed E-state index contributed by atoms with van der Waals surface area (Å²) in [4.78, 5) is 41.0. The third-order valence-corrected chi connectivity index (χ3v) is 10.7. The Hall–Kier alpha value is -5.52. The number of hydrogen-bond acceptors (Lipinski definition) is 9. The summed E-state index contributed by atoms with van der Waals surface area (Å²) in [6.07, 6.45) is -3.34. The number of aromatic nitrogens is 1. The lowest BCUT2D eigenvalue weighted by Crippen LogP contribution is -2.38. The number of aryl methyl sites for hydroxylation is 1. The van der Waals surface area contributed by atoms with Gasteiger partial charge in [-0.1, -0.05) is 0 Å². The third kappa shape index (κ3) is 9.11. The van der Waals surface area contributed by atoms with Gasteiger partial charge in [-0.05, 0) is 98.7 Å². The van der Waals surface area contributed by atoms with Crippen LogP contribution in [0.1, 0.15) is 55.5 Å². The Labute approximate surface area is 301 Å². The van der Waals surface area contributed by atoms with E-state index in [1.54, 1.807) is 44.3 Å². The van der Waals surface area contributed by atoms with Crippen molar-refractivity contribution >= 4 is 55.8 Å². The molecule has 1 aromatic heterocycles. The van der Waals surface area contributed by atoms with Gasteiger partial charge in [0.15, 0.2) is 9.84 Å². The van der Waals surface area contributed by atoms with Gasteiger partial charge in [0.25, 0.3) is 0 Å². The number of carboxylic acid groups (broad SMARTS) is 1. The van der Waals surface area contributed by atoms with E-state index in [0.717, 1.165) is 11.5 Å². The van der Waals surface area contributed by atoms with Gasteiger partial charge in [0.05, 0.1) is 23.3 Å². The number of nitrogen functional groups attached to an aromatic ring is 1. The molecule has 1 aliphatic rings. The molecule has 0 radical (unpaired) electrons. The van der Waals surface area contributed by atoms with Crippen LogP contribution in [0.25, 0.3) is 10.8 Å². The van der Waals surface area contributed by atoms with Crippen molar-refractivity contribution in [2.75, 3.05) is 30.0 Å². The number of nitrogens with two attached hydrogens (primary N) is 1. The van der Waals surface area contributed by atoms with Crippen molar-refractivity contribution in [1.29, 1.82) is 0 Å². The molecular formula is C35H36F5N5O7S. The first-order valence-electron chi connectivity index (χ1n) is 16.0. The van der Waals surface area contributed by atoms with Crippen molar-refractivity contribution in [2.24, 2.45) is 0 Å². The second kappa shape index (κ2) is 16.0. The van der Waals surface area contributed by atoms with E-state index in [1.165, 1.54) is 43.2 Å². The molecule has 1 fully saturated rings. The standard InChI is InChI=1S/C33H35F2N5O5S.C2HF3O2/c1-18(2)46(43,44)29-10-8-22(39-33(42)45-4)16-25(29)28-6-5-13-40(28)32(41)30(24-14-19(3)26(34)17-27(24)35)38-21-7-9-23-20(15-21)11-12-37-31(23)36;3-2(4,5)1(6)7/h7-12,14-18,28,30,38H,5-6,13H2,1-4H3,(H2,36,37)(H,39,42);(H,6,7)/t28-,30+;/m1./s1. The summed E-state index contributed by atoms with van der Waals surface area (Å²) in [5.74, 6) is -4.63. The van der Waals surface area contributed by atoms with Crippen LogP contribution in [0.5, 0.6) is 0 Å². The number of sulfone groups is 1. The summed E-state index contributed by atoms with van der Waals surface area (Å²) in [5.41, 5.74) is 7.16. The number of rotatable bonds is 8. The second-order valence-corrected chi connectivity index (χ2v) is 14.8. The van der Waals surface area contributed by atoms with Gasteiger partial charge in [0, 0.05) is 41.1 Å². The molecule has 0 bridgehead atoms. The van der Waals surface area contributed by atoms with Crippen LogP contribution in [-0.4, -0.2) is 66.5 Å². The SMILES string of the molecule is COC(=O)Nc1ccc(S(=O)(=O)C(C)C)c([C@H]2CCCN2C(=O)[C@@H](Nc2ccc3c(N)nccc3c2)c2cc(C)c(F)cc2F)c1.O=C(O)C(F)(F)F. The average Bonchev–Trinajstić information content (AvgIpc) is 3.58. The number of benzene rings is 3. The normalized spacial score (nSPS) is 15.1. The Bertz CT molecular complexity index is 2150. The smallest absolute Gasteiger partial charge is 0.475 e. The zero-order valence-corrected chi connectivity index (χ0v) is 29.6. The van der Waals surface area contributed by atoms with E-state index < -0.39 is 63.0 Å². The van der Waals surface area contributed by atoms with Gasteiger partial charge in [0.2, 0.25) is 5.91 Å². The Morgan fingerprint density at radius 3 is 2.30 bits per heavy atom. The van der Waals surface area contributed by atoms with Crippen LogP contribution in [0.3, 0.4) is 0 Å². The number of halogens is 5. The number of likely N-dealkylation sites (tertiary alicyclic amines) is 1. The van der Waals surface area contributed by atoms with Crippen molar-refractivity contribution in [2.45, 2.75) is 62.0 Å². The number of methoxy groups -OCH3 is 1. The van der Waals surface area contributed by atoms with Gasteiger partial charge in [0.1, 0.15) is 23.5 Å². The van der Waals surface area contributed by atoms with Crippen LogP contribution >= 0.6 is 0 Å². The van der Waals surface area contributed by atoms with E-state index in [2.05, 4.69) is 15.6 Å². The monoisotopic (exact) mass is 765 g/mol. The largest absolute Gasteiger partial charge is 0.490 e. The summed E-state index contributed by atoms with van der Waals surface area (Å²) in [5, 5.41) is 13.5. The molecule has 3 aromatic carbocycles. The van der Waals surface area contributed by atoms with Gasteiger partial charge >= 0.3 is 18.2 Å². The highest BCUT2D eigenvalue weighted by molar-refractivity contribution is 7.92. The molecule has 1 saturated heterocycles. The summed E-state index contributed by atoms with van der Waals surface area (Å²) in [6, 6.07) is 11.3. The molecule has 12 nitrogen and oxygen atoms in total. The molecule has 0 saturated carbocycles. The minimum atomic E-state index is -5.08. The molecule has 2 atom stereocenters. The Morgan fingerprint density at radius 1 is 1.02 bits per heavy atom. The average molecular weight is 766 g/mol. The number of carbonyl (C=O) groups is 3. The Kier molecular flexibility index (Phi) is 12.2. The number of alkyl halides is 3. The van der Waals surface area contributed by atoms with Crippen molar-refractivity contribution in [3.8, 4) is 0 Å². The number of fused-ring (bicyclic) bond motifs is 1. The van der Waals surface area contributed by atoms with Crippen molar-refractivity contribution in [3.05, 3.63) is 89.1 Å².